The van der Waals surface area contributed by atoms with Crippen LogP contribution in [0.25, 0.3) is 10.9 Å². The molecule has 0 amide bonds. The number of aliphatic carboxylic acids is 1. The SMILES string of the molecule is O=C(O)Cc1cc2cc(OC(F)(F)F)ccc2[nH]1. The molecule has 1 aromatic heterocycles. The van der Waals surface area contributed by atoms with Gasteiger partial charge in [-0.1, -0.05) is 0 Å². The molecule has 4 nitrogen and oxygen atoms in total. The number of alkyl halides is 3. The van der Waals surface area contributed by atoms with Crippen LogP contribution in [0, 0.1) is 0 Å². The quantitative estimate of drug-likeness (QED) is 0.890. The minimum Gasteiger partial charge on any atom is -0.481 e. The summed E-state index contributed by atoms with van der Waals surface area (Å²) in [5.41, 5.74) is 0.974. The molecule has 0 saturated heterocycles. The molecule has 0 bridgehead atoms. The fourth-order valence-corrected chi connectivity index (χ4v) is 1.63. The lowest BCUT2D eigenvalue weighted by Crippen LogP contribution is -2.16. The highest BCUT2D eigenvalue weighted by atomic mass is 19.4. The molecule has 0 aliphatic rings. The number of carboxylic acids is 1. The molecule has 2 aromatic rings. The Morgan fingerprint density at radius 2 is 2.06 bits per heavy atom. The zero-order chi connectivity index (χ0) is 13.3. The lowest BCUT2D eigenvalue weighted by Gasteiger charge is -2.08. The van der Waals surface area contributed by atoms with Crippen LogP contribution in [0.15, 0.2) is 24.3 Å². The fourth-order valence-electron chi connectivity index (χ4n) is 1.63. The molecule has 7 heteroatoms. The first kappa shape index (κ1) is 12.3. The van der Waals surface area contributed by atoms with Gasteiger partial charge in [0.15, 0.2) is 0 Å². The Labute approximate surface area is 99.0 Å². The number of aromatic nitrogens is 1. The zero-order valence-electron chi connectivity index (χ0n) is 8.91. The Bertz CT molecular complexity index is 589. The van der Waals surface area contributed by atoms with Crippen LogP contribution in [-0.2, 0) is 11.2 Å². The molecule has 18 heavy (non-hydrogen) atoms. The fraction of sp³-hybridized carbons (Fsp3) is 0.182. The summed E-state index contributed by atoms with van der Waals surface area (Å²) in [4.78, 5) is 13.3. The molecule has 0 aliphatic heterocycles. The molecule has 0 atom stereocenters. The van der Waals surface area contributed by atoms with E-state index in [-0.39, 0.29) is 12.2 Å². The molecule has 96 valence electrons. The predicted octanol–water partition coefficient (Wildman–Crippen LogP) is 2.69. The van der Waals surface area contributed by atoms with E-state index >= 15 is 0 Å². The van der Waals surface area contributed by atoms with Gasteiger partial charge in [-0.2, -0.15) is 0 Å². The molecular weight excluding hydrogens is 251 g/mol. The number of hydrogen-bond acceptors (Lipinski definition) is 2. The number of carboxylic acid groups (broad SMARTS) is 1. The summed E-state index contributed by atoms with van der Waals surface area (Å²) < 4.78 is 39.8. The molecule has 0 aliphatic carbocycles. The molecular formula is C11H8F3NO3. The predicted molar refractivity (Wildman–Crippen MR) is 56.3 cm³/mol. The average molecular weight is 259 g/mol. The third-order valence-corrected chi connectivity index (χ3v) is 2.22. The Kier molecular flexibility index (Phi) is 2.90. The molecule has 0 saturated carbocycles. The van der Waals surface area contributed by atoms with E-state index in [2.05, 4.69) is 9.72 Å². The van der Waals surface area contributed by atoms with E-state index in [0.29, 0.717) is 16.6 Å². The van der Waals surface area contributed by atoms with Crippen molar-refractivity contribution in [2.75, 3.05) is 0 Å². The van der Waals surface area contributed by atoms with Gasteiger partial charge in [-0.15, -0.1) is 13.2 Å². The molecule has 0 spiro atoms. The number of halogens is 3. The van der Waals surface area contributed by atoms with Crippen molar-refractivity contribution in [2.24, 2.45) is 0 Å². The van der Waals surface area contributed by atoms with Gasteiger partial charge >= 0.3 is 12.3 Å². The van der Waals surface area contributed by atoms with E-state index < -0.39 is 12.3 Å². The van der Waals surface area contributed by atoms with Gasteiger partial charge in [-0.3, -0.25) is 4.79 Å². The molecule has 1 aromatic carbocycles. The Balaban J connectivity index is 2.30. The van der Waals surface area contributed by atoms with Crippen molar-refractivity contribution in [2.45, 2.75) is 12.8 Å². The van der Waals surface area contributed by atoms with Crippen LogP contribution >= 0.6 is 0 Å². The smallest absolute Gasteiger partial charge is 0.481 e. The van der Waals surface area contributed by atoms with E-state index in [1.807, 2.05) is 0 Å². The number of H-pyrrole nitrogens is 1. The summed E-state index contributed by atoms with van der Waals surface area (Å²) in [7, 11) is 0. The number of nitrogens with one attached hydrogen (secondary N) is 1. The number of carbonyl (C=O) groups is 1. The average Bonchev–Trinajstić information content (AvgIpc) is 2.55. The Morgan fingerprint density at radius 3 is 2.67 bits per heavy atom. The van der Waals surface area contributed by atoms with Crippen LogP contribution in [-0.4, -0.2) is 22.4 Å². The number of fused-ring (bicyclic) bond motifs is 1. The molecule has 0 radical (unpaired) electrons. The standard InChI is InChI=1S/C11H8F3NO3/c12-11(13,14)18-8-1-2-9-6(4-8)3-7(15-9)5-10(16)17/h1-4,15H,5H2,(H,16,17). The largest absolute Gasteiger partial charge is 0.573 e. The van der Waals surface area contributed by atoms with Crippen molar-refractivity contribution < 1.29 is 27.8 Å². The van der Waals surface area contributed by atoms with Gasteiger partial charge in [0.2, 0.25) is 0 Å². The number of benzene rings is 1. The van der Waals surface area contributed by atoms with Crippen LogP contribution in [0.1, 0.15) is 5.69 Å². The summed E-state index contributed by atoms with van der Waals surface area (Å²) >= 11 is 0. The van der Waals surface area contributed by atoms with Gasteiger partial charge in [0, 0.05) is 16.6 Å². The van der Waals surface area contributed by atoms with Crippen molar-refractivity contribution in [3.05, 3.63) is 30.0 Å². The van der Waals surface area contributed by atoms with E-state index in [1.54, 1.807) is 0 Å². The normalized spacial score (nSPS) is 11.7. The summed E-state index contributed by atoms with van der Waals surface area (Å²) in [6.07, 6.45) is -4.96. The van der Waals surface area contributed by atoms with E-state index in [4.69, 9.17) is 5.11 Å². The third-order valence-electron chi connectivity index (χ3n) is 2.22. The number of aromatic amines is 1. The summed E-state index contributed by atoms with van der Waals surface area (Å²) in [6.45, 7) is 0. The zero-order valence-corrected chi connectivity index (χ0v) is 8.91. The minimum atomic E-state index is -4.74. The maximum Gasteiger partial charge on any atom is 0.573 e. The number of rotatable bonds is 3. The Morgan fingerprint density at radius 1 is 1.33 bits per heavy atom. The van der Waals surface area contributed by atoms with Gasteiger partial charge in [0.05, 0.1) is 6.42 Å². The highest BCUT2D eigenvalue weighted by Crippen LogP contribution is 2.26. The van der Waals surface area contributed by atoms with Crippen LogP contribution < -0.4 is 4.74 Å². The Hall–Kier alpha value is -2.18. The summed E-state index contributed by atoms with van der Waals surface area (Å²) in [5, 5.41) is 9.07. The van der Waals surface area contributed by atoms with Gasteiger partial charge < -0.3 is 14.8 Å². The lowest BCUT2D eigenvalue weighted by molar-refractivity contribution is -0.274. The summed E-state index contributed by atoms with van der Waals surface area (Å²) in [6, 6.07) is 5.25. The minimum absolute atomic E-state index is 0.218. The molecule has 1 heterocycles. The molecule has 2 N–H and O–H groups in total. The highest BCUT2D eigenvalue weighted by molar-refractivity contribution is 5.83. The van der Waals surface area contributed by atoms with E-state index in [9.17, 15) is 18.0 Å². The van der Waals surface area contributed by atoms with Gasteiger partial charge in [0.1, 0.15) is 5.75 Å². The van der Waals surface area contributed by atoms with Crippen LogP contribution in [0.5, 0.6) is 5.75 Å². The second-order valence-corrected chi connectivity index (χ2v) is 3.66. The highest BCUT2D eigenvalue weighted by Gasteiger charge is 2.31. The first-order valence-corrected chi connectivity index (χ1v) is 4.93. The maximum atomic E-state index is 12.0. The third kappa shape index (κ3) is 2.93. The van der Waals surface area contributed by atoms with E-state index in [0.717, 1.165) is 6.07 Å². The summed E-state index contributed by atoms with van der Waals surface area (Å²) in [5.74, 6) is -1.36. The van der Waals surface area contributed by atoms with Crippen molar-refractivity contribution in [3.8, 4) is 5.75 Å². The molecule has 0 fully saturated rings. The van der Waals surface area contributed by atoms with Crippen molar-refractivity contribution in [1.29, 1.82) is 0 Å². The van der Waals surface area contributed by atoms with Crippen molar-refractivity contribution in [3.63, 3.8) is 0 Å². The topological polar surface area (TPSA) is 62.3 Å². The lowest BCUT2D eigenvalue weighted by atomic mass is 10.2. The monoisotopic (exact) mass is 259 g/mol. The second kappa shape index (κ2) is 4.25. The van der Waals surface area contributed by atoms with Gasteiger partial charge in [-0.05, 0) is 24.3 Å². The number of ether oxygens (including phenoxy) is 1. The first-order valence-electron chi connectivity index (χ1n) is 4.93. The van der Waals surface area contributed by atoms with Crippen LogP contribution in [0.2, 0.25) is 0 Å². The van der Waals surface area contributed by atoms with Crippen LogP contribution in [0.4, 0.5) is 13.2 Å². The van der Waals surface area contributed by atoms with Gasteiger partial charge in [-0.25, -0.2) is 0 Å². The number of hydrogen-bond donors (Lipinski definition) is 2. The molecule has 0 unspecified atom stereocenters. The van der Waals surface area contributed by atoms with Gasteiger partial charge in [0.25, 0.3) is 0 Å². The first-order chi connectivity index (χ1) is 8.33. The second-order valence-electron chi connectivity index (χ2n) is 3.66. The van der Waals surface area contributed by atoms with Crippen molar-refractivity contribution in [1.82, 2.24) is 4.98 Å². The van der Waals surface area contributed by atoms with E-state index in [1.165, 1.54) is 18.2 Å². The van der Waals surface area contributed by atoms with Crippen LogP contribution in [0.3, 0.4) is 0 Å². The maximum absolute atomic E-state index is 12.0. The van der Waals surface area contributed by atoms with Crippen molar-refractivity contribution >= 4 is 16.9 Å². The molecule has 2 rings (SSSR count).